The van der Waals surface area contributed by atoms with Crippen LogP contribution in [0.4, 0.5) is 5.69 Å². The summed E-state index contributed by atoms with van der Waals surface area (Å²) in [7, 11) is 1.65. The lowest BCUT2D eigenvalue weighted by Crippen LogP contribution is -2.31. The van der Waals surface area contributed by atoms with Gasteiger partial charge in [0.15, 0.2) is 5.11 Å². The van der Waals surface area contributed by atoms with E-state index in [2.05, 4.69) is 26.6 Å². The van der Waals surface area contributed by atoms with Gasteiger partial charge in [0.2, 0.25) is 0 Å². The van der Waals surface area contributed by atoms with Gasteiger partial charge in [-0.3, -0.25) is 0 Å². The molecule has 0 spiro atoms. The number of hydrogen-bond donors (Lipinski definition) is 2. The fraction of sp³-hybridized carbons (Fsp3) is 0.188. The lowest BCUT2D eigenvalue weighted by atomic mass is 10.1. The van der Waals surface area contributed by atoms with Crippen molar-refractivity contribution in [3.8, 4) is 5.75 Å². The molecule has 22 heavy (non-hydrogen) atoms. The van der Waals surface area contributed by atoms with Crippen molar-refractivity contribution in [2.45, 2.75) is 13.0 Å². The molecule has 0 saturated carbocycles. The molecule has 1 unspecified atom stereocenters. The van der Waals surface area contributed by atoms with Gasteiger partial charge in [0.05, 0.1) is 23.9 Å². The molecule has 1 atom stereocenters. The first-order valence-electron chi connectivity index (χ1n) is 6.66. The first-order valence-corrected chi connectivity index (χ1v) is 8.24. The summed E-state index contributed by atoms with van der Waals surface area (Å²) in [5.41, 5.74) is 1.85. The van der Waals surface area contributed by atoms with Crippen LogP contribution in [0.25, 0.3) is 0 Å². The fourth-order valence-corrected chi connectivity index (χ4v) is 2.95. The molecular formula is C16H16BrClN2OS. The Morgan fingerprint density at radius 3 is 2.73 bits per heavy atom. The molecule has 2 N–H and O–H groups in total. The quantitative estimate of drug-likeness (QED) is 0.696. The maximum absolute atomic E-state index is 6.17. The summed E-state index contributed by atoms with van der Waals surface area (Å²) in [5.74, 6) is 0.820. The van der Waals surface area contributed by atoms with Gasteiger partial charge in [-0.2, -0.15) is 0 Å². The summed E-state index contributed by atoms with van der Waals surface area (Å²) in [5, 5.41) is 7.45. The van der Waals surface area contributed by atoms with E-state index in [4.69, 9.17) is 28.6 Å². The average Bonchev–Trinajstić information content (AvgIpc) is 2.50. The SMILES string of the molecule is COc1cccc(C(C)NC(=S)Nc2ccc(Br)cc2Cl)c1. The number of thiocarbonyl (C=S) groups is 1. The van der Waals surface area contributed by atoms with Crippen LogP contribution in [0.1, 0.15) is 18.5 Å². The van der Waals surface area contributed by atoms with E-state index in [9.17, 15) is 0 Å². The van der Waals surface area contributed by atoms with Crippen LogP contribution in [0.5, 0.6) is 5.75 Å². The minimum absolute atomic E-state index is 0.0457. The van der Waals surface area contributed by atoms with Crippen LogP contribution in [0.3, 0.4) is 0 Å². The molecule has 0 radical (unpaired) electrons. The fourth-order valence-electron chi connectivity index (χ4n) is 1.94. The average molecular weight is 400 g/mol. The monoisotopic (exact) mass is 398 g/mol. The number of nitrogens with one attached hydrogen (secondary N) is 2. The van der Waals surface area contributed by atoms with E-state index in [0.29, 0.717) is 10.1 Å². The van der Waals surface area contributed by atoms with E-state index in [1.807, 2.05) is 49.4 Å². The summed E-state index contributed by atoms with van der Waals surface area (Å²) in [6, 6.07) is 13.5. The lowest BCUT2D eigenvalue weighted by Gasteiger charge is -2.18. The van der Waals surface area contributed by atoms with Crippen molar-refractivity contribution in [1.82, 2.24) is 5.32 Å². The van der Waals surface area contributed by atoms with Gasteiger partial charge < -0.3 is 15.4 Å². The van der Waals surface area contributed by atoms with Gasteiger partial charge in [0.1, 0.15) is 5.75 Å². The van der Waals surface area contributed by atoms with E-state index in [1.54, 1.807) is 7.11 Å². The minimum Gasteiger partial charge on any atom is -0.497 e. The first kappa shape index (κ1) is 17.1. The van der Waals surface area contributed by atoms with Gasteiger partial charge in [-0.05, 0) is 55.0 Å². The van der Waals surface area contributed by atoms with E-state index < -0.39 is 0 Å². The molecule has 2 rings (SSSR count). The molecule has 0 aliphatic rings. The molecule has 0 heterocycles. The Bertz CT molecular complexity index is 681. The standard InChI is InChI=1S/C16H16BrClN2OS/c1-10(11-4-3-5-13(8-11)21-2)19-16(22)20-15-7-6-12(17)9-14(15)18/h3-10H,1-2H3,(H2,19,20,22). The zero-order chi connectivity index (χ0) is 16.1. The highest BCUT2D eigenvalue weighted by Gasteiger charge is 2.09. The Morgan fingerprint density at radius 2 is 2.05 bits per heavy atom. The second-order valence-electron chi connectivity index (χ2n) is 4.72. The highest BCUT2D eigenvalue weighted by atomic mass is 79.9. The molecule has 0 bridgehead atoms. The zero-order valence-electron chi connectivity index (χ0n) is 12.2. The molecule has 0 aliphatic carbocycles. The highest BCUT2D eigenvalue weighted by Crippen LogP contribution is 2.26. The molecule has 2 aromatic carbocycles. The summed E-state index contributed by atoms with van der Waals surface area (Å²) >= 11 is 14.9. The van der Waals surface area contributed by atoms with Crippen molar-refractivity contribution in [1.29, 1.82) is 0 Å². The maximum Gasteiger partial charge on any atom is 0.171 e. The lowest BCUT2D eigenvalue weighted by molar-refractivity contribution is 0.413. The third-order valence-electron chi connectivity index (χ3n) is 3.12. The third kappa shape index (κ3) is 4.60. The van der Waals surface area contributed by atoms with Crippen LogP contribution in [-0.4, -0.2) is 12.2 Å². The normalized spacial score (nSPS) is 11.6. The van der Waals surface area contributed by atoms with Crippen molar-refractivity contribution in [3.05, 3.63) is 57.5 Å². The van der Waals surface area contributed by atoms with Crippen LogP contribution >= 0.6 is 39.7 Å². The molecule has 6 heteroatoms. The molecule has 0 amide bonds. The Hall–Kier alpha value is -1.30. The molecule has 0 aromatic heterocycles. The minimum atomic E-state index is 0.0457. The van der Waals surface area contributed by atoms with Crippen LogP contribution in [0, 0.1) is 0 Å². The molecule has 0 saturated heterocycles. The van der Waals surface area contributed by atoms with Crippen molar-refractivity contribution < 1.29 is 4.74 Å². The van der Waals surface area contributed by atoms with Crippen LogP contribution in [0.2, 0.25) is 5.02 Å². The Kier molecular flexibility index (Phi) is 6.06. The number of benzene rings is 2. The summed E-state index contributed by atoms with van der Waals surface area (Å²) in [6.07, 6.45) is 0. The van der Waals surface area contributed by atoms with Gasteiger partial charge in [-0.15, -0.1) is 0 Å². The van der Waals surface area contributed by atoms with Crippen molar-refractivity contribution in [2.24, 2.45) is 0 Å². The third-order valence-corrected chi connectivity index (χ3v) is 4.15. The van der Waals surface area contributed by atoms with Gasteiger partial charge in [-0.25, -0.2) is 0 Å². The van der Waals surface area contributed by atoms with E-state index in [1.165, 1.54) is 0 Å². The number of methoxy groups -OCH3 is 1. The molecule has 0 fully saturated rings. The van der Waals surface area contributed by atoms with Crippen LogP contribution in [0.15, 0.2) is 46.9 Å². The van der Waals surface area contributed by atoms with E-state index >= 15 is 0 Å². The highest BCUT2D eigenvalue weighted by molar-refractivity contribution is 9.10. The van der Waals surface area contributed by atoms with Crippen LogP contribution in [-0.2, 0) is 0 Å². The van der Waals surface area contributed by atoms with Gasteiger partial charge in [0.25, 0.3) is 0 Å². The number of rotatable bonds is 4. The zero-order valence-corrected chi connectivity index (χ0v) is 15.3. The summed E-state index contributed by atoms with van der Waals surface area (Å²) in [6.45, 7) is 2.03. The van der Waals surface area contributed by atoms with E-state index in [0.717, 1.165) is 21.5 Å². The predicted molar refractivity (Wildman–Crippen MR) is 99.9 cm³/mol. The Morgan fingerprint density at radius 1 is 1.27 bits per heavy atom. The second-order valence-corrected chi connectivity index (χ2v) is 6.45. The van der Waals surface area contributed by atoms with Gasteiger partial charge >= 0.3 is 0 Å². The van der Waals surface area contributed by atoms with E-state index in [-0.39, 0.29) is 6.04 Å². The largest absolute Gasteiger partial charge is 0.497 e. The topological polar surface area (TPSA) is 33.3 Å². The molecule has 2 aromatic rings. The molecule has 116 valence electrons. The number of halogens is 2. The summed E-state index contributed by atoms with van der Waals surface area (Å²) in [4.78, 5) is 0. The van der Waals surface area contributed by atoms with Crippen molar-refractivity contribution >= 4 is 50.5 Å². The first-order chi connectivity index (χ1) is 10.5. The van der Waals surface area contributed by atoms with Crippen molar-refractivity contribution in [3.63, 3.8) is 0 Å². The van der Waals surface area contributed by atoms with Gasteiger partial charge in [0, 0.05) is 4.47 Å². The number of anilines is 1. The van der Waals surface area contributed by atoms with Crippen LogP contribution < -0.4 is 15.4 Å². The predicted octanol–water partition coefficient (Wildman–Crippen LogP) is 5.16. The van der Waals surface area contributed by atoms with Gasteiger partial charge in [-0.1, -0.05) is 39.7 Å². The summed E-state index contributed by atoms with van der Waals surface area (Å²) < 4.78 is 6.16. The maximum atomic E-state index is 6.17. The second kappa shape index (κ2) is 7.81. The Balaban J connectivity index is 2.01. The number of ether oxygens (including phenoxy) is 1. The smallest absolute Gasteiger partial charge is 0.171 e. The number of hydrogen-bond acceptors (Lipinski definition) is 2. The molecule has 3 nitrogen and oxygen atoms in total. The molecule has 0 aliphatic heterocycles. The Labute approximate surface area is 149 Å². The molecular weight excluding hydrogens is 384 g/mol. The van der Waals surface area contributed by atoms with Crippen molar-refractivity contribution in [2.75, 3.05) is 12.4 Å².